The lowest BCUT2D eigenvalue weighted by Crippen LogP contribution is -2.33. The molecule has 5 nitrogen and oxygen atoms in total. The second kappa shape index (κ2) is 6.84. The molecule has 0 fully saturated rings. The van der Waals surface area contributed by atoms with Crippen molar-refractivity contribution in [3.05, 3.63) is 50.6 Å². The van der Waals surface area contributed by atoms with Crippen LogP contribution in [0, 0.1) is 0 Å². The number of halogens is 1. The summed E-state index contributed by atoms with van der Waals surface area (Å²) in [6, 6.07) is 7.75. The highest BCUT2D eigenvalue weighted by Crippen LogP contribution is 2.26. The Balaban J connectivity index is 2.32. The van der Waals surface area contributed by atoms with Crippen LogP contribution in [-0.2, 0) is 0 Å². The van der Waals surface area contributed by atoms with Gasteiger partial charge in [-0.15, -0.1) is 11.3 Å². The van der Waals surface area contributed by atoms with Gasteiger partial charge >= 0.3 is 5.97 Å². The number of aliphatic hydroxyl groups is 1. The minimum Gasteiger partial charge on any atom is -0.478 e. The highest BCUT2D eigenvalue weighted by atomic mass is 79.9. The van der Waals surface area contributed by atoms with Crippen LogP contribution in [0.3, 0.4) is 0 Å². The lowest BCUT2D eigenvalue weighted by atomic mass is 10.2. The largest absolute Gasteiger partial charge is 0.478 e. The maximum atomic E-state index is 12.5. The summed E-state index contributed by atoms with van der Waals surface area (Å²) in [5.74, 6) is -1.27. The second-order valence-corrected chi connectivity index (χ2v) is 5.90. The van der Waals surface area contributed by atoms with Gasteiger partial charge in [0.25, 0.3) is 5.91 Å². The molecule has 0 aliphatic carbocycles. The van der Waals surface area contributed by atoms with Crippen LogP contribution >= 0.6 is 27.3 Å². The van der Waals surface area contributed by atoms with Crippen molar-refractivity contribution in [3.63, 3.8) is 0 Å². The van der Waals surface area contributed by atoms with Crippen LogP contribution in [0.25, 0.3) is 0 Å². The van der Waals surface area contributed by atoms with E-state index >= 15 is 0 Å². The maximum Gasteiger partial charge on any atom is 0.335 e. The molecule has 1 aromatic heterocycles. The predicted molar refractivity (Wildman–Crippen MR) is 84.2 cm³/mol. The number of anilines is 1. The van der Waals surface area contributed by atoms with Crippen LogP contribution in [0.1, 0.15) is 20.0 Å². The summed E-state index contributed by atoms with van der Waals surface area (Å²) in [6.07, 6.45) is 0. The van der Waals surface area contributed by atoms with Gasteiger partial charge in [0.2, 0.25) is 0 Å². The normalized spacial score (nSPS) is 10.4. The SMILES string of the molecule is O=C(O)c1ccc(N(CCO)C(=O)c2sccc2Br)cc1. The Labute approximate surface area is 133 Å². The number of hydrogen-bond acceptors (Lipinski definition) is 4. The van der Waals surface area contributed by atoms with Gasteiger partial charge in [-0.05, 0) is 51.6 Å². The van der Waals surface area contributed by atoms with E-state index in [0.717, 1.165) is 0 Å². The summed E-state index contributed by atoms with van der Waals surface area (Å²) in [5.41, 5.74) is 0.687. The van der Waals surface area contributed by atoms with Gasteiger partial charge in [-0.25, -0.2) is 4.79 Å². The molecule has 1 amide bonds. The molecule has 110 valence electrons. The number of rotatable bonds is 5. The summed E-state index contributed by atoms with van der Waals surface area (Å²) < 4.78 is 0.697. The van der Waals surface area contributed by atoms with Crippen molar-refractivity contribution in [3.8, 4) is 0 Å². The van der Waals surface area contributed by atoms with E-state index in [2.05, 4.69) is 15.9 Å². The number of carboxylic acids is 1. The highest BCUT2D eigenvalue weighted by Gasteiger charge is 2.21. The number of amides is 1. The monoisotopic (exact) mass is 369 g/mol. The topological polar surface area (TPSA) is 77.8 Å². The van der Waals surface area contributed by atoms with Crippen LogP contribution < -0.4 is 4.90 Å². The van der Waals surface area contributed by atoms with Gasteiger partial charge in [0.15, 0.2) is 0 Å². The zero-order valence-corrected chi connectivity index (χ0v) is 13.2. The van der Waals surface area contributed by atoms with Crippen molar-refractivity contribution in [2.75, 3.05) is 18.1 Å². The molecule has 1 heterocycles. The summed E-state index contributed by atoms with van der Waals surface area (Å²) >= 11 is 4.61. The first-order valence-electron chi connectivity index (χ1n) is 6.03. The predicted octanol–water partition coefficient (Wildman–Crippen LogP) is 2.85. The molecule has 0 unspecified atom stereocenters. The number of aliphatic hydroxyl groups excluding tert-OH is 1. The molecular weight excluding hydrogens is 358 g/mol. The van der Waals surface area contributed by atoms with Crippen LogP contribution in [0.15, 0.2) is 40.2 Å². The molecule has 1 aromatic carbocycles. The van der Waals surface area contributed by atoms with Crippen molar-refractivity contribution in [2.45, 2.75) is 0 Å². The molecule has 0 radical (unpaired) electrons. The molecule has 0 aliphatic heterocycles. The Morgan fingerprint density at radius 3 is 2.33 bits per heavy atom. The highest BCUT2D eigenvalue weighted by molar-refractivity contribution is 9.10. The molecule has 0 saturated heterocycles. The van der Waals surface area contributed by atoms with Crippen molar-refractivity contribution >= 4 is 44.8 Å². The minimum atomic E-state index is -1.03. The molecule has 0 atom stereocenters. The number of carbonyl (C=O) groups excluding carboxylic acids is 1. The number of thiophene rings is 1. The van der Waals surface area contributed by atoms with Crippen molar-refractivity contribution in [2.24, 2.45) is 0 Å². The fourth-order valence-corrected chi connectivity index (χ4v) is 3.29. The van der Waals surface area contributed by atoms with Gasteiger partial charge in [0, 0.05) is 16.7 Å². The van der Waals surface area contributed by atoms with Gasteiger partial charge in [0.1, 0.15) is 4.88 Å². The zero-order valence-electron chi connectivity index (χ0n) is 10.8. The van der Waals surface area contributed by atoms with Crippen LogP contribution in [0.5, 0.6) is 0 Å². The average molecular weight is 370 g/mol. The number of nitrogens with zero attached hydrogens (tertiary/aromatic N) is 1. The standard InChI is InChI=1S/C14H12BrNO4S/c15-11-5-8-21-12(11)13(18)16(6-7-17)10-3-1-9(2-4-10)14(19)20/h1-5,8,17H,6-7H2,(H,19,20). The van der Waals surface area contributed by atoms with Crippen molar-refractivity contribution in [1.82, 2.24) is 0 Å². The molecule has 2 N–H and O–H groups in total. The quantitative estimate of drug-likeness (QED) is 0.849. The summed E-state index contributed by atoms with van der Waals surface area (Å²) in [7, 11) is 0. The molecule has 2 rings (SSSR count). The average Bonchev–Trinajstić information content (AvgIpc) is 2.90. The van der Waals surface area contributed by atoms with E-state index in [9.17, 15) is 9.59 Å². The Morgan fingerprint density at radius 1 is 1.19 bits per heavy atom. The molecular formula is C14H12BrNO4S. The summed E-state index contributed by atoms with van der Waals surface area (Å²) in [4.78, 5) is 25.3. The first-order valence-corrected chi connectivity index (χ1v) is 7.71. The number of hydrogen-bond donors (Lipinski definition) is 2. The fourth-order valence-electron chi connectivity index (χ4n) is 1.80. The van der Waals surface area contributed by atoms with E-state index in [1.807, 2.05) is 0 Å². The van der Waals surface area contributed by atoms with E-state index in [-0.39, 0.29) is 24.6 Å². The molecule has 2 aromatic rings. The Kier molecular flexibility index (Phi) is 5.11. The van der Waals surface area contributed by atoms with Crippen molar-refractivity contribution in [1.29, 1.82) is 0 Å². The zero-order chi connectivity index (χ0) is 15.4. The van der Waals surface area contributed by atoms with E-state index in [4.69, 9.17) is 10.2 Å². The molecule has 21 heavy (non-hydrogen) atoms. The van der Waals surface area contributed by atoms with Gasteiger partial charge in [-0.2, -0.15) is 0 Å². The summed E-state index contributed by atoms with van der Waals surface area (Å²) in [5, 5.41) is 19.8. The number of carboxylic acid groups (broad SMARTS) is 1. The number of aromatic carboxylic acids is 1. The van der Waals surface area contributed by atoms with Crippen molar-refractivity contribution < 1.29 is 19.8 Å². The van der Waals surface area contributed by atoms with Crippen LogP contribution in [0.2, 0.25) is 0 Å². The van der Waals surface area contributed by atoms with E-state index < -0.39 is 5.97 Å². The lowest BCUT2D eigenvalue weighted by Gasteiger charge is -2.21. The van der Waals surface area contributed by atoms with E-state index in [1.165, 1.54) is 28.4 Å². The molecule has 0 saturated carbocycles. The molecule has 0 aliphatic rings. The van der Waals surface area contributed by atoms with Crippen LogP contribution in [-0.4, -0.2) is 35.2 Å². The molecule has 0 spiro atoms. The maximum absolute atomic E-state index is 12.5. The Bertz CT molecular complexity index is 653. The van der Waals surface area contributed by atoms with Crippen LogP contribution in [0.4, 0.5) is 5.69 Å². The third-order valence-electron chi connectivity index (χ3n) is 2.81. The molecule has 0 bridgehead atoms. The van der Waals surface area contributed by atoms with Gasteiger partial charge in [-0.3, -0.25) is 4.79 Å². The van der Waals surface area contributed by atoms with Gasteiger partial charge in [0.05, 0.1) is 12.2 Å². The Hall–Kier alpha value is -1.70. The molecule has 7 heteroatoms. The van der Waals surface area contributed by atoms with Gasteiger partial charge in [-0.1, -0.05) is 0 Å². The first-order chi connectivity index (χ1) is 10.0. The number of carbonyl (C=O) groups is 2. The third kappa shape index (κ3) is 3.49. The summed E-state index contributed by atoms with van der Waals surface area (Å²) in [6.45, 7) is -0.0506. The smallest absolute Gasteiger partial charge is 0.335 e. The van der Waals surface area contributed by atoms with E-state index in [0.29, 0.717) is 15.0 Å². The number of benzene rings is 1. The Morgan fingerprint density at radius 2 is 1.86 bits per heavy atom. The van der Waals surface area contributed by atoms with Gasteiger partial charge < -0.3 is 15.1 Å². The van der Waals surface area contributed by atoms with E-state index in [1.54, 1.807) is 23.6 Å². The fraction of sp³-hybridized carbons (Fsp3) is 0.143. The minimum absolute atomic E-state index is 0.135. The third-order valence-corrected chi connectivity index (χ3v) is 4.63. The lowest BCUT2D eigenvalue weighted by molar-refractivity contribution is 0.0696. The first kappa shape index (κ1) is 15.7. The second-order valence-electron chi connectivity index (χ2n) is 4.13.